The Morgan fingerprint density at radius 3 is 1.21 bits per heavy atom. The molecule has 0 atom stereocenters. The van der Waals surface area contributed by atoms with Crippen LogP contribution in [0.2, 0.25) is 0 Å². The molecule has 0 bridgehead atoms. The summed E-state index contributed by atoms with van der Waals surface area (Å²) < 4.78 is 0. The summed E-state index contributed by atoms with van der Waals surface area (Å²) in [5.41, 5.74) is 10.5. The fourth-order valence-corrected chi connectivity index (χ4v) is 0.631. The number of aliphatic carboxylic acids is 2. The van der Waals surface area contributed by atoms with Crippen LogP contribution in [-0.4, -0.2) is 51.2 Å². The Morgan fingerprint density at radius 2 is 1.05 bits per heavy atom. The fraction of sp³-hybridized carbons (Fsp3) is 0.800. The van der Waals surface area contributed by atoms with E-state index in [9.17, 15) is 0 Å². The van der Waals surface area contributed by atoms with Crippen molar-refractivity contribution in [2.24, 2.45) is 11.5 Å². The quantitative estimate of drug-likeness (QED) is 0.269. The zero-order valence-electron chi connectivity index (χ0n) is 11.3. The molecule has 0 heterocycles. The second kappa shape index (κ2) is 26.0. The van der Waals surface area contributed by atoms with Crippen LogP contribution >= 0.6 is 0 Å². The summed E-state index contributed by atoms with van der Waals surface area (Å²) in [5, 5.41) is 24.1. The molecule has 6 N–H and O–H groups in total. The number of rotatable bonds is 7. The summed E-state index contributed by atoms with van der Waals surface area (Å²) in [7, 11) is 0. The van der Waals surface area contributed by atoms with Gasteiger partial charge in [0.25, 0.3) is 0 Å². The van der Waals surface area contributed by atoms with Crippen LogP contribution in [0.5, 0.6) is 0 Å². The third-order valence-electron chi connectivity index (χ3n) is 1.12. The minimum atomic E-state index is -1.08. The first kappa shape index (κ1) is 26.8. The van der Waals surface area contributed by atoms with Crippen LogP contribution in [0.3, 0.4) is 0 Å². The van der Waals surface area contributed by atoms with E-state index in [1.165, 1.54) is 0 Å². The fourth-order valence-electron chi connectivity index (χ4n) is 0.631. The minimum Gasteiger partial charge on any atom is -0.550 e. The average molecular weight is 328 g/mol. The number of hydrogen-bond acceptors (Lipinski definition) is 8. The maximum Gasteiger partial charge on any atom is 2.00 e. The maximum atomic E-state index is 8.89. The van der Waals surface area contributed by atoms with Crippen molar-refractivity contribution in [3.05, 3.63) is 0 Å². The van der Waals surface area contributed by atoms with Gasteiger partial charge in [-0.05, 0) is 13.8 Å². The number of carboxylic acid groups (broad SMARTS) is 2. The van der Waals surface area contributed by atoms with Crippen LogP contribution in [0.25, 0.3) is 0 Å². The molecule has 0 amide bonds. The standard InChI is InChI=1S/C6H18N4.2C2H4O2.Cu/c7-1-3-9-5-6-10-4-2-8;2*1-2(3)4;/h9-10H,1-8H2;2*1H3,(H,3,4);/q;;;+2/p-2. The summed E-state index contributed by atoms with van der Waals surface area (Å²) in [6.45, 7) is 7.08. The molecule has 119 valence electrons. The van der Waals surface area contributed by atoms with Crippen molar-refractivity contribution in [1.29, 1.82) is 0 Å². The predicted octanol–water partition coefficient (Wildman–Crippen LogP) is -4.41. The predicted molar refractivity (Wildman–Crippen MR) is 65.2 cm³/mol. The van der Waals surface area contributed by atoms with E-state index in [-0.39, 0.29) is 17.1 Å². The third kappa shape index (κ3) is 102. The molecule has 19 heavy (non-hydrogen) atoms. The van der Waals surface area contributed by atoms with E-state index in [2.05, 4.69) is 10.6 Å². The van der Waals surface area contributed by atoms with Crippen molar-refractivity contribution in [3.8, 4) is 0 Å². The normalized spacial score (nSPS) is 8.00. The molecule has 0 fully saturated rings. The van der Waals surface area contributed by atoms with Crippen LogP contribution in [-0.2, 0) is 26.7 Å². The molecular formula is C10H24CuN4O4. The molecule has 0 saturated carbocycles. The van der Waals surface area contributed by atoms with Crippen LogP contribution in [0.15, 0.2) is 0 Å². The van der Waals surface area contributed by atoms with Gasteiger partial charge in [0, 0.05) is 51.2 Å². The van der Waals surface area contributed by atoms with Crippen LogP contribution in [0, 0.1) is 0 Å². The molecule has 0 aromatic rings. The smallest absolute Gasteiger partial charge is 0.550 e. The second-order valence-corrected chi connectivity index (χ2v) is 3.06. The van der Waals surface area contributed by atoms with Gasteiger partial charge < -0.3 is 41.9 Å². The Balaban J connectivity index is -0.000000105. The molecule has 0 unspecified atom stereocenters. The molecular weight excluding hydrogens is 304 g/mol. The van der Waals surface area contributed by atoms with Gasteiger partial charge in [0.2, 0.25) is 0 Å². The Labute approximate surface area is 124 Å². The van der Waals surface area contributed by atoms with Gasteiger partial charge in [0.1, 0.15) is 0 Å². The number of carboxylic acids is 2. The van der Waals surface area contributed by atoms with E-state index in [1.807, 2.05) is 0 Å². The molecule has 0 aliphatic rings. The van der Waals surface area contributed by atoms with Gasteiger partial charge in [-0.25, -0.2) is 0 Å². The number of carbonyl (C=O) groups excluding carboxylic acids is 2. The molecule has 9 heteroatoms. The second-order valence-electron chi connectivity index (χ2n) is 3.06. The monoisotopic (exact) mass is 327 g/mol. The van der Waals surface area contributed by atoms with Crippen molar-refractivity contribution in [2.45, 2.75) is 13.8 Å². The summed E-state index contributed by atoms with van der Waals surface area (Å²) in [6, 6.07) is 0. The molecule has 0 saturated heterocycles. The van der Waals surface area contributed by atoms with E-state index in [4.69, 9.17) is 31.3 Å². The number of nitrogens with two attached hydrogens (primary N) is 2. The molecule has 1 radical (unpaired) electrons. The molecule has 0 aliphatic carbocycles. The number of carbonyl (C=O) groups is 2. The average Bonchev–Trinajstić information content (AvgIpc) is 2.22. The van der Waals surface area contributed by atoms with Crippen LogP contribution in [0.1, 0.15) is 13.8 Å². The van der Waals surface area contributed by atoms with Crippen molar-refractivity contribution in [2.75, 3.05) is 39.3 Å². The summed E-state index contributed by atoms with van der Waals surface area (Å²) in [6.07, 6.45) is 0. The Morgan fingerprint density at radius 1 is 0.842 bits per heavy atom. The van der Waals surface area contributed by atoms with Crippen molar-refractivity contribution in [3.63, 3.8) is 0 Å². The third-order valence-corrected chi connectivity index (χ3v) is 1.12. The van der Waals surface area contributed by atoms with Crippen molar-refractivity contribution < 1.29 is 36.9 Å². The Bertz CT molecular complexity index is 168. The summed E-state index contributed by atoms with van der Waals surface area (Å²) >= 11 is 0. The topological polar surface area (TPSA) is 156 Å². The van der Waals surface area contributed by atoms with E-state index in [0.717, 1.165) is 40.0 Å². The van der Waals surface area contributed by atoms with E-state index < -0.39 is 11.9 Å². The zero-order chi connectivity index (χ0) is 14.8. The summed E-state index contributed by atoms with van der Waals surface area (Å²) in [5.74, 6) is -2.17. The van der Waals surface area contributed by atoms with Gasteiger partial charge in [-0.2, -0.15) is 0 Å². The van der Waals surface area contributed by atoms with Crippen molar-refractivity contribution >= 4 is 11.9 Å². The van der Waals surface area contributed by atoms with Crippen LogP contribution in [0.4, 0.5) is 0 Å². The van der Waals surface area contributed by atoms with Gasteiger partial charge in [-0.15, -0.1) is 0 Å². The van der Waals surface area contributed by atoms with Gasteiger partial charge in [0.15, 0.2) is 0 Å². The van der Waals surface area contributed by atoms with Gasteiger partial charge in [-0.3, -0.25) is 0 Å². The van der Waals surface area contributed by atoms with Crippen molar-refractivity contribution in [1.82, 2.24) is 10.6 Å². The van der Waals surface area contributed by atoms with E-state index in [1.54, 1.807) is 0 Å². The SMILES string of the molecule is CC(=O)[O-].CC(=O)[O-].NCCNCCNCCN.[Cu+2]. The number of hydrogen-bond donors (Lipinski definition) is 4. The van der Waals surface area contributed by atoms with E-state index >= 15 is 0 Å². The van der Waals surface area contributed by atoms with Gasteiger partial charge >= 0.3 is 17.1 Å². The number of nitrogens with one attached hydrogen (secondary N) is 2. The first-order chi connectivity index (χ1) is 8.38. The summed E-state index contributed by atoms with van der Waals surface area (Å²) in [4.78, 5) is 17.8. The molecule has 8 nitrogen and oxygen atoms in total. The minimum absolute atomic E-state index is 0. The Kier molecular flexibility index (Phi) is 36.6. The molecule has 0 aromatic carbocycles. The molecule has 0 spiro atoms. The van der Waals surface area contributed by atoms with E-state index in [0.29, 0.717) is 13.1 Å². The molecule has 0 aliphatic heterocycles. The maximum absolute atomic E-state index is 8.89. The van der Waals surface area contributed by atoms with Crippen LogP contribution < -0.4 is 32.3 Å². The molecule has 0 rings (SSSR count). The zero-order valence-corrected chi connectivity index (χ0v) is 12.3. The largest absolute Gasteiger partial charge is 2.00 e. The van der Waals surface area contributed by atoms with Gasteiger partial charge in [-0.1, -0.05) is 0 Å². The first-order valence-corrected chi connectivity index (χ1v) is 5.55. The first-order valence-electron chi connectivity index (χ1n) is 5.55. The Hall–Kier alpha value is -0.701. The van der Waals surface area contributed by atoms with Gasteiger partial charge in [0.05, 0.1) is 0 Å². The molecule has 0 aromatic heterocycles.